The zero-order valence-corrected chi connectivity index (χ0v) is 13.3. The third kappa shape index (κ3) is 2.27. The maximum absolute atomic E-state index is 12.6. The first-order valence-electron chi connectivity index (χ1n) is 8.27. The summed E-state index contributed by atoms with van der Waals surface area (Å²) in [7, 11) is 0. The van der Waals surface area contributed by atoms with Crippen molar-refractivity contribution >= 4 is 11.9 Å². The molecule has 0 aromatic carbocycles. The first-order valence-corrected chi connectivity index (χ1v) is 8.27. The van der Waals surface area contributed by atoms with Crippen molar-refractivity contribution in [2.45, 2.75) is 65.3 Å². The molecular formula is C17H27NO3. The summed E-state index contributed by atoms with van der Waals surface area (Å²) in [4.78, 5) is 23.6. The molecule has 3 aliphatic carbocycles. The molecule has 1 amide bonds. The third-order valence-electron chi connectivity index (χ3n) is 6.71. The molecular weight excluding hydrogens is 266 g/mol. The van der Waals surface area contributed by atoms with Crippen molar-refractivity contribution in [3.8, 4) is 0 Å². The number of hydrogen-bond acceptors (Lipinski definition) is 2. The average Bonchev–Trinajstić information content (AvgIpc) is 3.05. The lowest BCUT2D eigenvalue weighted by Gasteiger charge is -2.43. The van der Waals surface area contributed by atoms with E-state index in [9.17, 15) is 9.59 Å². The number of fused-ring (bicyclic) bond motifs is 2. The maximum Gasteiger partial charge on any atom is 0.306 e. The Morgan fingerprint density at radius 2 is 1.76 bits per heavy atom. The highest BCUT2D eigenvalue weighted by Crippen LogP contribution is 2.62. The van der Waals surface area contributed by atoms with Crippen LogP contribution in [0.1, 0.15) is 59.3 Å². The normalized spacial score (nSPS) is 44.0. The van der Waals surface area contributed by atoms with Crippen molar-refractivity contribution in [3.63, 3.8) is 0 Å². The number of carbonyl (C=O) groups is 2. The molecule has 0 aromatic heterocycles. The van der Waals surface area contributed by atoms with Gasteiger partial charge in [0.2, 0.25) is 5.91 Å². The van der Waals surface area contributed by atoms with Crippen molar-refractivity contribution in [3.05, 3.63) is 0 Å². The van der Waals surface area contributed by atoms with Crippen LogP contribution < -0.4 is 5.32 Å². The fourth-order valence-corrected chi connectivity index (χ4v) is 5.37. The number of carboxylic acid groups (broad SMARTS) is 1. The van der Waals surface area contributed by atoms with Crippen LogP contribution in [0.3, 0.4) is 0 Å². The molecule has 4 nitrogen and oxygen atoms in total. The van der Waals surface area contributed by atoms with Gasteiger partial charge in [0, 0.05) is 12.0 Å². The molecule has 4 heteroatoms. The molecule has 2 bridgehead atoms. The molecule has 21 heavy (non-hydrogen) atoms. The van der Waals surface area contributed by atoms with Crippen molar-refractivity contribution in [2.75, 3.05) is 0 Å². The summed E-state index contributed by atoms with van der Waals surface area (Å²) in [6.07, 6.45) is 5.56. The third-order valence-corrected chi connectivity index (χ3v) is 6.71. The van der Waals surface area contributed by atoms with Crippen LogP contribution in [0.2, 0.25) is 0 Å². The second kappa shape index (κ2) is 4.72. The first kappa shape index (κ1) is 14.9. The molecule has 118 valence electrons. The Hall–Kier alpha value is -1.06. The van der Waals surface area contributed by atoms with E-state index in [1.807, 2.05) is 0 Å². The number of rotatable bonds is 3. The number of nitrogens with one attached hydrogen (secondary N) is 1. The van der Waals surface area contributed by atoms with Crippen molar-refractivity contribution in [1.29, 1.82) is 0 Å². The van der Waals surface area contributed by atoms with Gasteiger partial charge >= 0.3 is 5.97 Å². The second-order valence-corrected chi connectivity index (χ2v) is 8.40. The van der Waals surface area contributed by atoms with Gasteiger partial charge in [-0.05, 0) is 55.3 Å². The summed E-state index contributed by atoms with van der Waals surface area (Å²) in [5.74, 6) is -0.389. The molecule has 3 unspecified atom stereocenters. The Morgan fingerprint density at radius 3 is 2.29 bits per heavy atom. The van der Waals surface area contributed by atoms with Gasteiger partial charge in [0.1, 0.15) is 0 Å². The van der Waals surface area contributed by atoms with E-state index in [1.165, 1.54) is 19.3 Å². The van der Waals surface area contributed by atoms with Gasteiger partial charge in [0.25, 0.3) is 0 Å². The number of aliphatic carboxylic acids is 1. The highest BCUT2D eigenvalue weighted by atomic mass is 16.4. The molecule has 2 N–H and O–H groups in total. The Bertz CT molecular complexity index is 468. The van der Waals surface area contributed by atoms with Crippen LogP contribution in [-0.4, -0.2) is 23.0 Å². The van der Waals surface area contributed by atoms with Gasteiger partial charge < -0.3 is 10.4 Å². The molecule has 5 atom stereocenters. The SMILES string of the molecule is CC12CCC(C1)C(C)(C)C2NC(=O)[C@@H]1CC[C@H](C(=O)O)C1. The average molecular weight is 293 g/mol. The van der Waals surface area contributed by atoms with E-state index < -0.39 is 5.97 Å². The summed E-state index contributed by atoms with van der Waals surface area (Å²) in [6, 6.07) is 0.236. The van der Waals surface area contributed by atoms with Gasteiger partial charge in [0.05, 0.1) is 5.92 Å². The van der Waals surface area contributed by atoms with Crippen molar-refractivity contribution < 1.29 is 14.7 Å². The van der Waals surface area contributed by atoms with Crippen molar-refractivity contribution in [2.24, 2.45) is 28.6 Å². The zero-order valence-electron chi connectivity index (χ0n) is 13.3. The molecule has 0 spiro atoms. The fraction of sp³-hybridized carbons (Fsp3) is 0.882. The predicted octanol–water partition coefficient (Wildman–Crippen LogP) is 2.82. The summed E-state index contributed by atoms with van der Waals surface area (Å²) >= 11 is 0. The van der Waals surface area contributed by atoms with Crippen LogP contribution in [0.4, 0.5) is 0 Å². The van der Waals surface area contributed by atoms with E-state index in [2.05, 4.69) is 26.1 Å². The zero-order chi connectivity index (χ0) is 15.4. The van der Waals surface area contributed by atoms with Crippen LogP contribution in [0.5, 0.6) is 0 Å². The molecule has 0 saturated heterocycles. The molecule has 3 aliphatic rings. The van der Waals surface area contributed by atoms with Gasteiger partial charge in [-0.3, -0.25) is 9.59 Å². The van der Waals surface area contributed by atoms with Crippen LogP contribution >= 0.6 is 0 Å². The quantitative estimate of drug-likeness (QED) is 0.841. The van der Waals surface area contributed by atoms with Crippen LogP contribution in [-0.2, 0) is 9.59 Å². The maximum atomic E-state index is 12.6. The van der Waals surface area contributed by atoms with Crippen LogP contribution in [0.15, 0.2) is 0 Å². The van der Waals surface area contributed by atoms with Crippen molar-refractivity contribution in [1.82, 2.24) is 5.32 Å². The molecule has 0 heterocycles. The smallest absolute Gasteiger partial charge is 0.306 e. The number of carbonyl (C=O) groups excluding carboxylic acids is 1. The lowest BCUT2D eigenvalue weighted by atomic mass is 9.68. The van der Waals surface area contributed by atoms with Crippen LogP contribution in [0, 0.1) is 28.6 Å². The Morgan fingerprint density at radius 1 is 1.10 bits per heavy atom. The highest BCUT2D eigenvalue weighted by molar-refractivity contribution is 5.81. The van der Waals surface area contributed by atoms with Gasteiger partial charge in [-0.15, -0.1) is 0 Å². The molecule has 3 saturated carbocycles. The first-order chi connectivity index (χ1) is 9.74. The lowest BCUT2D eigenvalue weighted by molar-refractivity contribution is -0.141. The van der Waals surface area contributed by atoms with Gasteiger partial charge in [-0.2, -0.15) is 0 Å². The molecule has 0 aliphatic heterocycles. The monoisotopic (exact) mass is 293 g/mol. The summed E-state index contributed by atoms with van der Waals surface area (Å²) in [6.45, 7) is 6.87. The van der Waals surface area contributed by atoms with Gasteiger partial charge in [-0.1, -0.05) is 20.8 Å². The number of amides is 1. The summed E-state index contributed by atoms with van der Waals surface area (Å²) in [5.41, 5.74) is 0.391. The van der Waals surface area contributed by atoms with Gasteiger partial charge in [-0.25, -0.2) is 0 Å². The minimum Gasteiger partial charge on any atom is -0.481 e. The molecule has 3 fully saturated rings. The minimum absolute atomic E-state index is 0.0885. The van der Waals surface area contributed by atoms with E-state index in [-0.39, 0.29) is 34.6 Å². The Balaban J connectivity index is 1.67. The Labute approximate surface area is 126 Å². The highest BCUT2D eigenvalue weighted by Gasteiger charge is 2.59. The molecule has 3 rings (SSSR count). The molecule has 0 radical (unpaired) electrons. The van der Waals surface area contributed by atoms with E-state index in [0.717, 1.165) is 6.42 Å². The number of carboxylic acids is 1. The second-order valence-electron chi connectivity index (χ2n) is 8.40. The van der Waals surface area contributed by atoms with Gasteiger partial charge in [0.15, 0.2) is 0 Å². The summed E-state index contributed by atoms with van der Waals surface area (Å²) < 4.78 is 0. The standard InChI is InChI=1S/C17H27NO3/c1-16(2)12-6-7-17(3,9-12)15(16)18-13(19)10-4-5-11(8-10)14(20)21/h10-12,15H,4-9H2,1-3H3,(H,18,19)(H,20,21)/t10-,11+,12?,15?,17?/m1/s1. The summed E-state index contributed by atoms with van der Waals surface area (Å²) in [5, 5.41) is 12.4. The lowest BCUT2D eigenvalue weighted by Crippen LogP contribution is -2.53. The predicted molar refractivity (Wildman–Crippen MR) is 79.6 cm³/mol. The van der Waals surface area contributed by atoms with E-state index >= 15 is 0 Å². The van der Waals surface area contributed by atoms with E-state index in [1.54, 1.807) is 0 Å². The Kier molecular flexibility index (Phi) is 3.34. The van der Waals surface area contributed by atoms with E-state index in [0.29, 0.717) is 18.8 Å². The van der Waals surface area contributed by atoms with E-state index in [4.69, 9.17) is 5.11 Å². The fourth-order valence-electron chi connectivity index (χ4n) is 5.37. The van der Waals surface area contributed by atoms with Crippen LogP contribution in [0.25, 0.3) is 0 Å². The molecule has 0 aromatic rings. The minimum atomic E-state index is -0.752. The largest absolute Gasteiger partial charge is 0.481 e. The number of hydrogen-bond donors (Lipinski definition) is 2. The topological polar surface area (TPSA) is 66.4 Å².